The van der Waals surface area contributed by atoms with Crippen molar-refractivity contribution >= 4 is 34.2 Å². The minimum Gasteiger partial charge on any atom is -0.350 e. The van der Waals surface area contributed by atoms with Crippen molar-refractivity contribution in [3.63, 3.8) is 0 Å². The van der Waals surface area contributed by atoms with Gasteiger partial charge in [-0.3, -0.25) is 9.59 Å². The van der Waals surface area contributed by atoms with E-state index in [-0.39, 0.29) is 37.3 Å². The van der Waals surface area contributed by atoms with Crippen molar-refractivity contribution in [3.05, 3.63) is 118 Å². The molecular formula is C28H24FN5O2S. The normalized spacial score (nSPS) is 11.8. The quantitative estimate of drug-likeness (QED) is 0.309. The SMILES string of the molecule is O=C(NCc1ccc(F)cc1)[C@H](c1ccccc1)N(Cc1cccs1)C(=O)Cn1nnc2ccccc21. The third-order valence-electron chi connectivity index (χ3n) is 5.99. The second-order valence-electron chi connectivity index (χ2n) is 8.49. The van der Waals surface area contributed by atoms with Crippen LogP contribution < -0.4 is 5.32 Å². The van der Waals surface area contributed by atoms with E-state index in [1.54, 1.807) is 21.7 Å². The molecule has 2 amide bonds. The highest BCUT2D eigenvalue weighted by Crippen LogP contribution is 2.26. The van der Waals surface area contributed by atoms with Gasteiger partial charge in [-0.1, -0.05) is 65.9 Å². The third-order valence-corrected chi connectivity index (χ3v) is 6.85. The summed E-state index contributed by atoms with van der Waals surface area (Å²) in [6, 6.07) is 25.6. The summed E-state index contributed by atoms with van der Waals surface area (Å²) < 4.78 is 14.9. The number of amides is 2. The maximum atomic E-state index is 13.8. The lowest BCUT2D eigenvalue weighted by Gasteiger charge is -2.31. The summed E-state index contributed by atoms with van der Waals surface area (Å²) in [5, 5.41) is 13.2. The van der Waals surface area contributed by atoms with Crippen molar-refractivity contribution < 1.29 is 14.0 Å². The molecule has 0 fully saturated rings. The second kappa shape index (κ2) is 11.1. The topological polar surface area (TPSA) is 80.1 Å². The van der Waals surface area contributed by atoms with Crippen molar-refractivity contribution in [1.29, 1.82) is 0 Å². The number of aromatic nitrogens is 3. The number of para-hydroxylation sites is 1. The molecule has 0 aliphatic heterocycles. The lowest BCUT2D eigenvalue weighted by atomic mass is 10.0. The third kappa shape index (κ3) is 5.73. The average Bonchev–Trinajstić information content (AvgIpc) is 3.59. The summed E-state index contributed by atoms with van der Waals surface area (Å²) in [5.74, 6) is -0.940. The molecule has 2 aromatic heterocycles. The predicted octanol–water partition coefficient (Wildman–Crippen LogP) is 4.72. The molecule has 37 heavy (non-hydrogen) atoms. The highest BCUT2D eigenvalue weighted by atomic mass is 32.1. The minimum absolute atomic E-state index is 0.0690. The van der Waals surface area contributed by atoms with Crippen LogP contribution in [0.15, 0.2) is 96.4 Å². The van der Waals surface area contributed by atoms with Crippen LogP contribution in [0, 0.1) is 5.82 Å². The van der Waals surface area contributed by atoms with Crippen LogP contribution in [0.5, 0.6) is 0 Å². The van der Waals surface area contributed by atoms with Gasteiger partial charge in [0.2, 0.25) is 11.8 Å². The first-order chi connectivity index (χ1) is 18.1. The minimum atomic E-state index is -0.883. The van der Waals surface area contributed by atoms with Gasteiger partial charge in [0.05, 0.1) is 12.1 Å². The zero-order chi connectivity index (χ0) is 25.6. The van der Waals surface area contributed by atoms with E-state index < -0.39 is 6.04 Å². The molecule has 1 atom stereocenters. The summed E-state index contributed by atoms with van der Waals surface area (Å²) in [6.45, 7) is 0.393. The monoisotopic (exact) mass is 513 g/mol. The standard InChI is InChI=1S/C28H24FN5O2S/c29-22-14-12-20(13-15-22)17-30-28(36)27(21-7-2-1-3-8-21)33(18-23-9-6-16-37-23)26(35)19-34-25-11-5-4-10-24(25)31-32-34/h1-16,27H,17-19H2,(H,30,36)/t27-/m0/s1. The molecule has 0 bridgehead atoms. The number of rotatable bonds is 9. The summed E-state index contributed by atoms with van der Waals surface area (Å²) in [6.07, 6.45) is 0. The fraction of sp³-hybridized carbons (Fsp3) is 0.143. The molecule has 0 unspecified atom stereocenters. The van der Waals surface area contributed by atoms with Crippen molar-refractivity contribution in [2.24, 2.45) is 0 Å². The second-order valence-corrected chi connectivity index (χ2v) is 9.53. The van der Waals surface area contributed by atoms with Gasteiger partial charge in [-0.2, -0.15) is 0 Å². The number of nitrogens with zero attached hydrogens (tertiary/aromatic N) is 4. The fourth-order valence-electron chi connectivity index (χ4n) is 4.14. The molecule has 0 aliphatic rings. The van der Waals surface area contributed by atoms with Crippen LogP contribution >= 0.6 is 11.3 Å². The summed E-state index contributed by atoms with van der Waals surface area (Å²) >= 11 is 1.52. The number of thiophene rings is 1. The Morgan fingerprint density at radius 2 is 1.70 bits per heavy atom. The van der Waals surface area contributed by atoms with Gasteiger partial charge >= 0.3 is 0 Å². The Labute approximate surface area is 217 Å². The molecule has 186 valence electrons. The first-order valence-corrected chi connectivity index (χ1v) is 12.6. The smallest absolute Gasteiger partial charge is 0.247 e. The van der Waals surface area contributed by atoms with Crippen LogP contribution in [-0.2, 0) is 29.2 Å². The summed E-state index contributed by atoms with van der Waals surface area (Å²) in [5.41, 5.74) is 2.87. The van der Waals surface area contributed by atoms with E-state index in [9.17, 15) is 14.0 Å². The maximum absolute atomic E-state index is 13.8. The molecule has 0 spiro atoms. The zero-order valence-corrected chi connectivity index (χ0v) is 20.6. The van der Waals surface area contributed by atoms with Gasteiger partial charge in [0.25, 0.3) is 0 Å². The molecular weight excluding hydrogens is 489 g/mol. The van der Waals surface area contributed by atoms with Crippen molar-refractivity contribution in [3.8, 4) is 0 Å². The van der Waals surface area contributed by atoms with Crippen LogP contribution in [0.2, 0.25) is 0 Å². The number of benzene rings is 3. The van der Waals surface area contributed by atoms with Crippen molar-refractivity contribution in [2.45, 2.75) is 25.7 Å². The van der Waals surface area contributed by atoms with Crippen LogP contribution in [0.3, 0.4) is 0 Å². The lowest BCUT2D eigenvalue weighted by molar-refractivity contribution is -0.142. The first-order valence-electron chi connectivity index (χ1n) is 11.8. The molecule has 0 saturated heterocycles. The molecule has 5 rings (SSSR count). The number of fused-ring (bicyclic) bond motifs is 1. The number of carbonyl (C=O) groups is 2. The van der Waals surface area contributed by atoms with Crippen molar-refractivity contribution in [2.75, 3.05) is 0 Å². The average molecular weight is 514 g/mol. The van der Waals surface area contributed by atoms with E-state index in [0.717, 1.165) is 16.0 Å². The number of carbonyl (C=O) groups excluding carboxylic acids is 2. The Bertz CT molecular complexity index is 1490. The Balaban J connectivity index is 1.46. The Morgan fingerprint density at radius 1 is 0.946 bits per heavy atom. The summed E-state index contributed by atoms with van der Waals surface area (Å²) in [7, 11) is 0. The maximum Gasteiger partial charge on any atom is 0.247 e. The van der Waals surface area contributed by atoms with Gasteiger partial charge in [0.1, 0.15) is 23.9 Å². The van der Waals surface area contributed by atoms with Gasteiger partial charge < -0.3 is 10.2 Å². The highest BCUT2D eigenvalue weighted by molar-refractivity contribution is 7.09. The fourth-order valence-corrected chi connectivity index (χ4v) is 4.85. The number of nitrogens with one attached hydrogen (secondary N) is 1. The molecule has 9 heteroatoms. The predicted molar refractivity (Wildman–Crippen MR) is 140 cm³/mol. The van der Waals surface area contributed by atoms with E-state index in [4.69, 9.17) is 0 Å². The van der Waals surface area contributed by atoms with Crippen LogP contribution in [0.1, 0.15) is 22.0 Å². The van der Waals surface area contributed by atoms with Crippen LogP contribution in [-0.4, -0.2) is 31.7 Å². The van der Waals surface area contributed by atoms with Gasteiger partial charge in [-0.25, -0.2) is 9.07 Å². The molecule has 2 heterocycles. The largest absolute Gasteiger partial charge is 0.350 e. The van der Waals surface area contributed by atoms with Gasteiger partial charge in [-0.05, 0) is 46.8 Å². The molecule has 5 aromatic rings. The van der Waals surface area contributed by atoms with Gasteiger partial charge in [-0.15, -0.1) is 16.4 Å². The molecule has 7 nitrogen and oxygen atoms in total. The number of hydrogen-bond acceptors (Lipinski definition) is 5. The molecule has 0 aliphatic carbocycles. The van der Waals surface area contributed by atoms with Crippen molar-refractivity contribution in [1.82, 2.24) is 25.2 Å². The van der Waals surface area contributed by atoms with Crippen LogP contribution in [0.4, 0.5) is 4.39 Å². The van der Waals surface area contributed by atoms with Crippen LogP contribution in [0.25, 0.3) is 11.0 Å². The Kier molecular flexibility index (Phi) is 7.32. The van der Waals surface area contributed by atoms with Gasteiger partial charge in [0, 0.05) is 11.4 Å². The molecule has 1 N–H and O–H groups in total. The Morgan fingerprint density at radius 3 is 2.46 bits per heavy atom. The molecule has 3 aromatic carbocycles. The Hall–Kier alpha value is -4.37. The lowest BCUT2D eigenvalue weighted by Crippen LogP contribution is -2.44. The molecule has 0 radical (unpaired) electrons. The summed E-state index contributed by atoms with van der Waals surface area (Å²) in [4.78, 5) is 30.0. The zero-order valence-electron chi connectivity index (χ0n) is 19.8. The van der Waals surface area contributed by atoms with E-state index in [1.165, 1.54) is 23.5 Å². The highest BCUT2D eigenvalue weighted by Gasteiger charge is 2.32. The molecule has 0 saturated carbocycles. The van der Waals surface area contributed by atoms with E-state index in [2.05, 4.69) is 15.6 Å². The van der Waals surface area contributed by atoms with E-state index in [0.29, 0.717) is 11.1 Å². The number of hydrogen-bond donors (Lipinski definition) is 1. The van der Waals surface area contributed by atoms with E-state index in [1.807, 2.05) is 72.1 Å². The number of halogens is 1. The first kappa shape index (κ1) is 24.3. The van der Waals surface area contributed by atoms with Gasteiger partial charge in [0.15, 0.2) is 0 Å². The van der Waals surface area contributed by atoms with E-state index >= 15 is 0 Å².